The van der Waals surface area contributed by atoms with Gasteiger partial charge in [0.15, 0.2) is 11.6 Å². The number of piperazine rings is 1. The van der Waals surface area contributed by atoms with Crippen molar-refractivity contribution >= 4 is 80.0 Å². The maximum atomic E-state index is 17.0. The number of thiazole rings is 1. The standard InChI is InChI=1S/C64H78ClFN10O12S/c1-39(2)56(63(81)76-18-10-13-51(76)62(80)69-40(3)46-15-14-44(34-52(46)82-7)60-41(4)68-38-89-60)53-37-54(72-88-53)87-32-31-86-30-29-85-28-27-84-26-25-83-24-23-73(6)55(79)16-17-67-64-70-59-49(61(71-64)75-21-19-74(20-22-75)42(5)77)36-50(65)57(58(59)66)48-35-45(78)33-43-11-8-9-12-47(43)48/h8-9,11-12,14-15,33-40,51,56,78H,10,13,16-32H2,1-7H3,(H,69,80)(H,67,70,71)/t40-,51-,56?/m0/s1. The van der Waals surface area contributed by atoms with Gasteiger partial charge in [0.05, 0.1) is 87.1 Å². The Morgan fingerprint density at radius 1 is 0.876 bits per heavy atom. The summed E-state index contributed by atoms with van der Waals surface area (Å²) in [7, 11) is 3.30. The molecule has 0 aliphatic carbocycles. The van der Waals surface area contributed by atoms with E-state index in [1.165, 1.54) is 13.0 Å². The molecule has 2 fully saturated rings. The number of amides is 4. The maximum absolute atomic E-state index is 17.0. The van der Waals surface area contributed by atoms with Gasteiger partial charge in [-0.15, -0.1) is 11.3 Å². The van der Waals surface area contributed by atoms with E-state index in [1.807, 2.05) is 80.6 Å². The van der Waals surface area contributed by atoms with E-state index in [1.54, 1.807) is 58.4 Å². The number of hydrogen-bond acceptors (Lipinski definition) is 19. The molecule has 3 N–H and O–H groups in total. The lowest BCUT2D eigenvalue weighted by molar-refractivity contribution is -0.141. The van der Waals surface area contributed by atoms with Gasteiger partial charge in [-0.1, -0.05) is 61.8 Å². The lowest BCUT2D eigenvalue weighted by Gasteiger charge is -2.35. The molecule has 22 nitrogen and oxygen atoms in total. The Kier molecular flexibility index (Phi) is 23.0. The van der Waals surface area contributed by atoms with Crippen LogP contribution in [0.2, 0.25) is 5.02 Å². The number of rotatable bonds is 30. The van der Waals surface area contributed by atoms with E-state index in [4.69, 9.17) is 49.5 Å². The second-order valence-corrected chi connectivity index (χ2v) is 23.5. The highest BCUT2D eigenvalue weighted by atomic mass is 35.5. The normalized spacial score (nSPS) is 15.0. The minimum Gasteiger partial charge on any atom is -0.508 e. The first-order valence-electron chi connectivity index (χ1n) is 30.0. The van der Waals surface area contributed by atoms with Crippen LogP contribution in [0.3, 0.4) is 0 Å². The van der Waals surface area contributed by atoms with Crippen LogP contribution in [0.15, 0.2) is 76.8 Å². The molecule has 0 spiro atoms. The van der Waals surface area contributed by atoms with Crippen LogP contribution in [0.5, 0.6) is 17.4 Å². The van der Waals surface area contributed by atoms with Crippen molar-refractivity contribution in [2.24, 2.45) is 5.92 Å². The van der Waals surface area contributed by atoms with Crippen molar-refractivity contribution in [1.82, 2.24) is 40.1 Å². The fourth-order valence-corrected chi connectivity index (χ4v) is 12.2. The van der Waals surface area contributed by atoms with Gasteiger partial charge in [0, 0.05) is 88.8 Å². The first kappa shape index (κ1) is 65.7. The van der Waals surface area contributed by atoms with Crippen molar-refractivity contribution in [2.45, 2.75) is 71.9 Å². The van der Waals surface area contributed by atoms with Crippen LogP contribution in [0, 0.1) is 18.7 Å². The summed E-state index contributed by atoms with van der Waals surface area (Å²) in [5.41, 5.74) is 5.09. The molecule has 0 saturated carbocycles. The molecule has 25 heteroatoms. The van der Waals surface area contributed by atoms with Crippen LogP contribution in [0.25, 0.3) is 43.2 Å². The van der Waals surface area contributed by atoms with Gasteiger partial charge in [0.1, 0.15) is 41.4 Å². The average molecular weight is 1270 g/mol. The third-order valence-electron chi connectivity index (χ3n) is 15.9. The number of halogens is 2. The molecule has 2 aliphatic rings. The summed E-state index contributed by atoms with van der Waals surface area (Å²) in [6, 6.07) is 18.6. The average Bonchev–Trinajstić information content (AvgIpc) is 1.49. The molecular weight excluding hydrogens is 1190 g/mol. The highest BCUT2D eigenvalue weighted by Crippen LogP contribution is 2.43. The molecule has 1 unspecified atom stereocenters. The number of phenolic OH excluding ortho intramolecular Hbond substituents is 1. The molecule has 9 rings (SSSR count). The number of phenols is 1. The fourth-order valence-electron chi connectivity index (χ4n) is 11.1. The predicted octanol–water partition coefficient (Wildman–Crippen LogP) is 9.06. The summed E-state index contributed by atoms with van der Waals surface area (Å²) in [5.74, 6) is -0.362. The van der Waals surface area contributed by atoms with E-state index in [2.05, 4.69) is 25.8 Å². The third-order valence-corrected chi connectivity index (χ3v) is 17.1. The van der Waals surface area contributed by atoms with Gasteiger partial charge < -0.3 is 68.3 Å². The van der Waals surface area contributed by atoms with Gasteiger partial charge >= 0.3 is 0 Å². The van der Waals surface area contributed by atoms with Crippen LogP contribution >= 0.6 is 22.9 Å². The Balaban J connectivity index is 0.637. The summed E-state index contributed by atoms with van der Waals surface area (Å²) in [6.45, 7) is 14.8. The fraction of sp³-hybridized carbons (Fsp3) is 0.469. The van der Waals surface area contributed by atoms with E-state index in [9.17, 15) is 24.3 Å². The topological polar surface area (TPSA) is 246 Å². The number of carbonyl (C=O) groups is 4. The summed E-state index contributed by atoms with van der Waals surface area (Å²) < 4.78 is 56.8. The highest BCUT2D eigenvalue weighted by molar-refractivity contribution is 7.13. The summed E-state index contributed by atoms with van der Waals surface area (Å²) in [5, 5.41) is 22.9. The number of anilines is 2. The molecule has 3 atom stereocenters. The van der Waals surface area contributed by atoms with E-state index in [-0.39, 0.29) is 95.4 Å². The quantitative estimate of drug-likeness (QED) is 0.0355. The van der Waals surface area contributed by atoms with Crippen LogP contribution in [-0.4, -0.2) is 189 Å². The van der Waals surface area contributed by atoms with Gasteiger partial charge in [0.25, 0.3) is 5.88 Å². The number of methoxy groups -OCH3 is 1. The van der Waals surface area contributed by atoms with Gasteiger partial charge in [-0.3, -0.25) is 19.2 Å². The molecule has 0 bridgehead atoms. The summed E-state index contributed by atoms with van der Waals surface area (Å²) in [6.07, 6.45) is 1.33. The number of aromatic hydroxyl groups is 1. The predicted molar refractivity (Wildman–Crippen MR) is 337 cm³/mol. The Morgan fingerprint density at radius 2 is 1.58 bits per heavy atom. The number of carbonyl (C=O) groups excluding carboxylic acids is 4. The minimum atomic E-state index is -0.684. The van der Waals surface area contributed by atoms with E-state index in [0.29, 0.717) is 137 Å². The number of aromatic nitrogens is 4. The lowest BCUT2D eigenvalue weighted by Crippen LogP contribution is -2.48. The van der Waals surface area contributed by atoms with Crippen molar-refractivity contribution < 1.29 is 61.6 Å². The smallest absolute Gasteiger partial charge is 0.254 e. The van der Waals surface area contributed by atoms with Crippen LogP contribution < -0.4 is 25.0 Å². The van der Waals surface area contributed by atoms with Crippen LogP contribution in [0.1, 0.15) is 75.9 Å². The van der Waals surface area contributed by atoms with E-state index >= 15 is 4.39 Å². The SMILES string of the molecule is COc1cc(-c2scnc2C)ccc1[C@H](C)NC(=O)[C@@H]1CCCN1C(=O)C(c1cc(OCCOCCOCCOCCOCCN(C)C(=O)CCNc2nc(N3CCN(C(C)=O)CC3)c3cc(Cl)c(-c4cc(O)cc5ccccc45)c(F)c3n2)no1)C(C)C. The zero-order chi connectivity index (χ0) is 63.1. The van der Waals surface area contributed by atoms with Crippen molar-refractivity contribution in [3.05, 3.63) is 100 Å². The number of hydrogen-bond donors (Lipinski definition) is 3. The molecule has 4 aromatic carbocycles. The number of benzene rings is 4. The molecule has 5 heterocycles. The minimum absolute atomic E-state index is 0.0155. The first-order valence-corrected chi connectivity index (χ1v) is 31.3. The number of aryl methyl sites for hydroxylation is 1. The Hall–Kier alpha value is -7.74. The number of nitrogens with one attached hydrogen (secondary N) is 2. The zero-order valence-electron chi connectivity index (χ0n) is 51.4. The Bertz CT molecular complexity index is 3580. The van der Waals surface area contributed by atoms with Crippen LogP contribution in [0.4, 0.5) is 16.2 Å². The van der Waals surface area contributed by atoms with Crippen molar-refractivity contribution in [2.75, 3.05) is 130 Å². The van der Waals surface area contributed by atoms with Crippen LogP contribution in [-0.2, 0) is 38.1 Å². The highest BCUT2D eigenvalue weighted by Gasteiger charge is 2.41. The molecule has 89 heavy (non-hydrogen) atoms. The third kappa shape index (κ3) is 16.4. The number of ether oxygens (including phenoxy) is 6. The van der Waals surface area contributed by atoms with E-state index in [0.717, 1.165) is 21.7 Å². The van der Waals surface area contributed by atoms with Crippen molar-refractivity contribution in [3.63, 3.8) is 0 Å². The summed E-state index contributed by atoms with van der Waals surface area (Å²) >= 11 is 8.44. The summed E-state index contributed by atoms with van der Waals surface area (Å²) in [4.78, 5) is 75.0. The van der Waals surface area contributed by atoms with Crippen molar-refractivity contribution in [3.8, 4) is 38.9 Å². The number of nitrogens with zero attached hydrogens (tertiary/aromatic N) is 8. The largest absolute Gasteiger partial charge is 0.508 e. The molecule has 7 aromatic rings. The van der Waals surface area contributed by atoms with E-state index < -0.39 is 17.8 Å². The molecule has 2 aliphatic heterocycles. The molecule has 476 valence electrons. The van der Waals surface area contributed by atoms with Gasteiger partial charge in [0.2, 0.25) is 29.6 Å². The van der Waals surface area contributed by atoms with Gasteiger partial charge in [-0.2, -0.15) is 4.98 Å². The molecule has 3 aromatic heterocycles. The number of likely N-dealkylation sites (tertiary alicyclic amines) is 1. The maximum Gasteiger partial charge on any atom is 0.254 e. The molecule has 2 saturated heterocycles. The number of likely N-dealkylation sites (N-methyl/N-ethyl adjacent to an activating group) is 1. The molecule has 0 radical (unpaired) electrons. The monoisotopic (exact) mass is 1260 g/mol. The number of fused-ring (bicyclic) bond motifs is 2. The lowest BCUT2D eigenvalue weighted by atomic mass is 9.91. The Morgan fingerprint density at radius 3 is 2.27 bits per heavy atom. The van der Waals surface area contributed by atoms with Gasteiger partial charge in [-0.25, -0.2) is 14.4 Å². The Labute approximate surface area is 525 Å². The second kappa shape index (κ2) is 31.1. The zero-order valence-corrected chi connectivity index (χ0v) is 52.9. The first-order chi connectivity index (χ1) is 43.0. The molecular formula is C64H78ClFN10O12S. The van der Waals surface area contributed by atoms with Crippen molar-refractivity contribution in [1.29, 1.82) is 0 Å². The molecule has 4 amide bonds. The second-order valence-electron chi connectivity index (χ2n) is 22.2. The van der Waals surface area contributed by atoms with Gasteiger partial charge in [-0.05, 0) is 83.9 Å².